The minimum atomic E-state index is 0.696. The molecule has 3 heteroatoms. The molecule has 0 atom stereocenters. The fourth-order valence-corrected chi connectivity index (χ4v) is 2.44. The van der Waals surface area contributed by atoms with Crippen LogP contribution in [0, 0.1) is 6.92 Å². The molecule has 1 aromatic rings. The molecule has 2 nitrogen and oxygen atoms in total. The largest absolute Gasteiger partial charge is 0.315 e. The smallest absolute Gasteiger partial charge is 0.0928 e. The first-order valence-electron chi connectivity index (χ1n) is 4.48. The number of aromatic nitrogens is 1. The molecule has 1 N–H and O–H groups in total. The van der Waals surface area contributed by atoms with Crippen molar-refractivity contribution in [3.8, 4) is 0 Å². The molecule has 1 aromatic heterocycles. The van der Waals surface area contributed by atoms with Crippen LogP contribution in [0.4, 0.5) is 0 Å². The lowest BCUT2D eigenvalue weighted by atomic mass is 9.99. The lowest BCUT2D eigenvalue weighted by Crippen LogP contribution is -2.40. The molecular formula is C9H14N2S. The van der Waals surface area contributed by atoms with E-state index < -0.39 is 0 Å². The third-order valence-electron chi connectivity index (χ3n) is 2.35. The lowest BCUT2D eigenvalue weighted by molar-refractivity contribution is 0.439. The van der Waals surface area contributed by atoms with Gasteiger partial charge in [0.05, 0.1) is 10.7 Å². The number of thiazole rings is 1. The number of hydrogen-bond donors (Lipinski definition) is 1. The van der Waals surface area contributed by atoms with Crippen molar-refractivity contribution >= 4 is 11.3 Å². The van der Waals surface area contributed by atoms with Crippen LogP contribution in [0.1, 0.15) is 28.4 Å². The molecule has 66 valence electrons. The Labute approximate surface area is 77.0 Å². The van der Waals surface area contributed by atoms with Gasteiger partial charge in [-0.2, -0.15) is 0 Å². The number of aryl methyl sites for hydroxylation is 2. The van der Waals surface area contributed by atoms with Gasteiger partial charge in [-0.15, -0.1) is 11.3 Å². The van der Waals surface area contributed by atoms with Crippen molar-refractivity contribution < 1.29 is 0 Å². The Morgan fingerprint density at radius 2 is 2.33 bits per heavy atom. The predicted octanol–water partition coefficient (Wildman–Crippen LogP) is 1.70. The van der Waals surface area contributed by atoms with Gasteiger partial charge in [-0.1, -0.05) is 6.92 Å². The van der Waals surface area contributed by atoms with Gasteiger partial charge in [-0.25, -0.2) is 4.98 Å². The molecule has 1 aliphatic rings. The summed E-state index contributed by atoms with van der Waals surface area (Å²) in [5.74, 6) is 0.696. The average Bonchev–Trinajstić information content (AvgIpc) is 2.29. The van der Waals surface area contributed by atoms with Crippen LogP contribution >= 0.6 is 11.3 Å². The van der Waals surface area contributed by atoms with E-state index in [1.165, 1.54) is 15.6 Å². The van der Waals surface area contributed by atoms with E-state index in [-0.39, 0.29) is 0 Å². The van der Waals surface area contributed by atoms with E-state index in [9.17, 15) is 0 Å². The molecule has 1 aliphatic heterocycles. The molecule has 0 aromatic carbocycles. The maximum atomic E-state index is 4.63. The Hall–Kier alpha value is -0.410. The maximum absolute atomic E-state index is 4.63. The predicted molar refractivity (Wildman–Crippen MR) is 51.8 cm³/mol. The van der Waals surface area contributed by atoms with Gasteiger partial charge in [0.15, 0.2) is 0 Å². The van der Waals surface area contributed by atoms with E-state index in [4.69, 9.17) is 0 Å². The number of nitrogens with zero attached hydrogens (tertiary/aromatic N) is 1. The standard InChI is InChI=1S/C9H14N2S/c1-3-8-11-9(6(2)12-8)7-4-10-5-7/h7,10H,3-5H2,1-2H3. The summed E-state index contributed by atoms with van der Waals surface area (Å²) >= 11 is 1.85. The molecular weight excluding hydrogens is 168 g/mol. The molecule has 0 aliphatic carbocycles. The highest BCUT2D eigenvalue weighted by molar-refractivity contribution is 7.11. The van der Waals surface area contributed by atoms with Gasteiger partial charge in [0.2, 0.25) is 0 Å². The topological polar surface area (TPSA) is 24.9 Å². The summed E-state index contributed by atoms with van der Waals surface area (Å²) in [5.41, 5.74) is 1.34. The second-order valence-electron chi connectivity index (χ2n) is 3.26. The Morgan fingerprint density at radius 3 is 2.75 bits per heavy atom. The van der Waals surface area contributed by atoms with Crippen LogP contribution in [0.15, 0.2) is 0 Å². The molecule has 1 fully saturated rings. The number of hydrogen-bond acceptors (Lipinski definition) is 3. The van der Waals surface area contributed by atoms with Crippen molar-refractivity contribution in [2.75, 3.05) is 13.1 Å². The summed E-state index contributed by atoms with van der Waals surface area (Å²) in [5, 5.41) is 4.57. The highest BCUT2D eigenvalue weighted by atomic mass is 32.1. The van der Waals surface area contributed by atoms with Gasteiger partial charge in [0.25, 0.3) is 0 Å². The minimum Gasteiger partial charge on any atom is -0.315 e. The average molecular weight is 182 g/mol. The van der Waals surface area contributed by atoms with Crippen LogP contribution in [0.5, 0.6) is 0 Å². The van der Waals surface area contributed by atoms with Crippen LogP contribution in [0.25, 0.3) is 0 Å². The van der Waals surface area contributed by atoms with Crippen LogP contribution in [0.2, 0.25) is 0 Å². The van der Waals surface area contributed by atoms with Crippen molar-refractivity contribution in [1.29, 1.82) is 0 Å². The third-order valence-corrected chi connectivity index (χ3v) is 3.48. The highest BCUT2D eigenvalue weighted by Crippen LogP contribution is 2.27. The zero-order chi connectivity index (χ0) is 8.55. The Bertz CT molecular complexity index is 276. The molecule has 0 bridgehead atoms. The zero-order valence-corrected chi connectivity index (χ0v) is 8.37. The summed E-state index contributed by atoms with van der Waals surface area (Å²) in [7, 11) is 0. The molecule has 2 heterocycles. The zero-order valence-electron chi connectivity index (χ0n) is 7.55. The first-order chi connectivity index (χ1) is 5.81. The van der Waals surface area contributed by atoms with E-state index in [1.54, 1.807) is 0 Å². The summed E-state index contributed by atoms with van der Waals surface area (Å²) in [6.07, 6.45) is 1.08. The number of rotatable bonds is 2. The molecule has 0 radical (unpaired) electrons. The van der Waals surface area contributed by atoms with Crippen LogP contribution in [0.3, 0.4) is 0 Å². The summed E-state index contributed by atoms with van der Waals surface area (Å²) in [6, 6.07) is 0. The van der Waals surface area contributed by atoms with Gasteiger partial charge < -0.3 is 5.32 Å². The van der Waals surface area contributed by atoms with Gasteiger partial charge in [-0.3, -0.25) is 0 Å². The highest BCUT2D eigenvalue weighted by Gasteiger charge is 2.23. The van der Waals surface area contributed by atoms with E-state index in [1.807, 2.05) is 11.3 Å². The molecule has 2 rings (SSSR count). The molecule has 0 saturated carbocycles. The lowest BCUT2D eigenvalue weighted by Gasteiger charge is -2.25. The fraction of sp³-hybridized carbons (Fsp3) is 0.667. The van der Waals surface area contributed by atoms with Crippen molar-refractivity contribution in [3.05, 3.63) is 15.6 Å². The monoisotopic (exact) mass is 182 g/mol. The SMILES string of the molecule is CCc1nc(C2CNC2)c(C)s1. The third kappa shape index (κ3) is 1.27. The van der Waals surface area contributed by atoms with Crippen molar-refractivity contribution in [3.63, 3.8) is 0 Å². The fourth-order valence-electron chi connectivity index (χ4n) is 1.48. The molecule has 1 saturated heterocycles. The molecule has 0 amide bonds. The summed E-state index contributed by atoms with van der Waals surface area (Å²) < 4.78 is 0. The van der Waals surface area contributed by atoms with Gasteiger partial charge in [0.1, 0.15) is 0 Å². The number of nitrogens with one attached hydrogen (secondary N) is 1. The Kier molecular flexibility index (Phi) is 2.15. The van der Waals surface area contributed by atoms with Gasteiger partial charge >= 0.3 is 0 Å². The van der Waals surface area contributed by atoms with Crippen molar-refractivity contribution in [2.45, 2.75) is 26.2 Å². The van der Waals surface area contributed by atoms with Crippen molar-refractivity contribution in [2.24, 2.45) is 0 Å². The second-order valence-corrected chi connectivity index (χ2v) is 4.55. The molecule has 12 heavy (non-hydrogen) atoms. The molecule has 0 spiro atoms. The van der Waals surface area contributed by atoms with Crippen LogP contribution in [-0.2, 0) is 6.42 Å². The first kappa shape index (κ1) is 8.20. The van der Waals surface area contributed by atoms with Crippen molar-refractivity contribution in [1.82, 2.24) is 10.3 Å². The molecule has 0 unspecified atom stereocenters. The Morgan fingerprint density at radius 1 is 1.58 bits per heavy atom. The van der Waals surface area contributed by atoms with Crippen LogP contribution < -0.4 is 5.32 Å². The second kappa shape index (κ2) is 3.15. The van der Waals surface area contributed by atoms with E-state index in [2.05, 4.69) is 24.1 Å². The maximum Gasteiger partial charge on any atom is 0.0928 e. The summed E-state index contributed by atoms with van der Waals surface area (Å²) in [4.78, 5) is 6.04. The van der Waals surface area contributed by atoms with E-state index in [0.717, 1.165) is 19.5 Å². The minimum absolute atomic E-state index is 0.696. The van der Waals surface area contributed by atoms with E-state index in [0.29, 0.717) is 5.92 Å². The normalized spacial score (nSPS) is 17.8. The first-order valence-corrected chi connectivity index (χ1v) is 5.29. The Balaban J connectivity index is 2.23. The van der Waals surface area contributed by atoms with Crippen LogP contribution in [-0.4, -0.2) is 18.1 Å². The summed E-state index contributed by atoms with van der Waals surface area (Å²) in [6.45, 7) is 6.59. The quantitative estimate of drug-likeness (QED) is 0.753. The van der Waals surface area contributed by atoms with Gasteiger partial charge in [0, 0.05) is 23.9 Å². The van der Waals surface area contributed by atoms with Gasteiger partial charge in [-0.05, 0) is 13.3 Å². The van der Waals surface area contributed by atoms with E-state index >= 15 is 0 Å².